The maximum absolute atomic E-state index is 12.7. The van der Waals surface area contributed by atoms with Crippen LogP contribution in [0.15, 0.2) is 24.3 Å². The highest BCUT2D eigenvalue weighted by molar-refractivity contribution is 5.85. The zero-order valence-electron chi connectivity index (χ0n) is 16.6. The van der Waals surface area contributed by atoms with Gasteiger partial charge in [-0.1, -0.05) is 19.1 Å². The number of hydrogen-bond acceptors (Lipinski definition) is 3. The van der Waals surface area contributed by atoms with Crippen molar-refractivity contribution < 1.29 is 4.79 Å². The van der Waals surface area contributed by atoms with Crippen LogP contribution in [0.5, 0.6) is 0 Å². The monoisotopic (exact) mass is 414 g/mol. The Kier molecular flexibility index (Phi) is 9.06. The minimum absolute atomic E-state index is 0. The summed E-state index contributed by atoms with van der Waals surface area (Å²) in [5.74, 6) is 1.73. The summed E-state index contributed by atoms with van der Waals surface area (Å²) in [5.41, 5.74) is 2.25. The number of nitrogens with zero attached hydrogens (tertiary/aromatic N) is 3. The number of amides is 1. The molecule has 1 N–H and O–H groups in total. The minimum atomic E-state index is 0. The van der Waals surface area contributed by atoms with Gasteiger partial charge in [0.15, 0.2) is 0 Å². The van der Waals surface area contributed by atoms with Crippen molar-refractivity contribution in [3.63, 3.8) is 0 Å². The predicted octanol–water partition coefficient (Wildman–Crippen LogP) is 4.02. The molecule has 7 heteroatoms. The molecular weight excluding hydrogens is 383 g/mol. The number of carbonyl (C=O) groups excluding carboxylic acids is 1. The molecule has 3 rings (SSSR count). The summed E-state index contributed by atoms with van der Waals surface area (Å²) in [6.45, 7) is 8.79. The number of hydrogen-bond donors (Lipinski definition) is 1. The average molecular weight is 415 g/mol. The molecule has 2 aromatic rings. The number of nitrogens with one attached hydrogen (secondary N) is 1. The van der Waals surface area contributed by atoms with Crippen LogP contribution in [0, 0.1) is 5.92 Å². The van der Waals surface area contributed by atoms with Gasteiger partial charge < -0.3 is 14.8 Å². The van der Waals surface area contributed by atoms with Gasteiger partial charge >= 0.3 is 0 Å². The number of rotatable bonds is 5. The summed E-state index contributed by atoms with van der Waals surface area (Å²) >= 11 is 0. The maximum atomic E-state index is 12.7. The first kappa shape index (κ1) is 23.7. The Morgan fingerprint density at radius 3 is 2.63 bits per heavy atom. The number of aromatic nitrogens is 2. The molecule has 27 heavy (non-hydrogen) atoms. The predicted molar refractivity (Wildman–Crippen MR) is 116 cm³/mol. The fourth-order valence-corrected chi connectivity index (χ4v) is 3.99. The van der Waals surface area contributed by atoms with Crippen LogP contribution in [0.3, 0.4) is 0 Å². The summed E-state index contributed by atoms with van der Waals surface area (Å²) in [7, 11) is 1.90. The third-order valence-electron chi connectivity index (χ3n) is 5.17. The Balaban J connectivity index is 0.00000182. The highest BCUT2D eigenvalue weighted by Crippen LogP contribution is 2.31. The lowest BCUT2D eigenvalue weighted by molar-refractivity contribution is -0.136. The van der Waals surface area contributed by atoms with Crippen LogP contribution in [0.2, 0.25) is 0 Å². The van der Waals surface area contributed by atoms with Gasteiger partial charge in [-0.3, -0.25) is 4.79 Å². The number of carbonyl (C=O) groups is 1. The molecule has 1 saturated heterocycles. The van der Waals surface area contributed by atoms with Gasteiger partial charge in [0.2, 0.25) is 5.91 Å². The third-order valence-corrected chi connectivity index (χ3v) is 5.17. The van der Waals surface area contributed by atoms with Gasteiger partial charge in [-0.15, -0.1) is 24.8 Å². The van der Waals surface area contributed by atoms with E-state index in [2.05, 4.69) is 41.9 Å². The summed E-state index contributed by atoms with van der Waals surface area (Å²) in [4.78, 5) is 19.7. The molecule has 2 unspecified atom stereocenters. The summed E-state index contributed by atoms with van der Waals surface area (Å²) < 4.78 is 2.35. The van der Waals surface area contributed by atoms with E-state index >= 15 is 0 Å². The van der Waals surface area contributed by atoms with Gasteiger partial charge in [0, 0.05) is 37.5 Å². The lowest BCUT2D eigenvalue weighted by Crippen LogP contribution is -2.44. The van der Waals surface area contributed by atoms with Gasteiger partial charge in [0.1, 0.15) is 5.82 Å². The normalized spacial score (nSPS) is 18.1. The van der Waals surface area contributed by atoms with E-state index in [1.165, 1.54) is 5.52 Å². The van der Waals surface area contributed by atoms with Crippen molar-refractivity contribution in [2.45, 2.75) is 45.6 Å². The van der Waals surface area contributed by atoms with E-state index in [1.54, 1.807) is 0 Å². The van der Waals surface area contributed by atoms with Gasteiger partial charge in [0.05, 0.1) is 11.0 Å². The van der Waals surface area contributed by atoms with Crippen LogP contribution >= 0.6 is 24.8 Å². The van der Waals surface area contributed by atoms with E-state index in [0.717, 1.165) is 43.8 Å². The van der Waals surface area contributed by atoms with Crippen LogP contribution in [0.25, 0.3) is 11.0 Å². The van der Waals surface area contributed by atoms with Crippen molar-refractivity contribution >= 4 is 41.8 Å². The van der Waals surface area contributed by atoms with Crippen molar-refractivity contribution in [1.29, 1.82) is 0 Å². The van der Waals surface area contributed by atoms with Crippen molar-refractivity contribution in [3.05, 3.63) is 30.1 Å². The van der Waals surface area contributed by atoms with Crippen LogP contribution < -0.4 is 5.32 Å². The van der Waals surface area contributed by atoms with Crippen LogP contribution in [0.1, 0.15) is 51.4 Å². The Morgan fingerprint density at radius 1 is 1.26 bits per heavy atom. The SMILES string of the molecule is CNCC(C)C(=O)N1CCCC(c2nc3ccccc3n2C(C)C)C1.Cl.Cl. The Bertz CT molecular complexity index is 747. The van der Waals surface area contributed by atoms with Gasteiger partial charge in [0.25, 0.3) is 0 Å². The number of piperidine rings is 1. The molecular formula is C20H32Cl2N4O. The van der Waals surface area contributed by atoms with Crippen LogP contribution in [-0.2, 0) is 4.79 Å². The molecule has 2 atom stereocenters. The van der Waals surface area contributed by atoms with E-state index in [-0.39, 0.29) is 36.6 Å². The van der Waals surface area contributed by atoms with Crippen molar-refractivity contribution in [1.82, 2.24) is 19.8 Å². The molecule has 0 bridgehead atoms. The van der Waals surface area contributed by atoms with Crippen molar-refractivity contribution in [3.8, 4) is 0 Å². The standard InChI is InChI=1S/C20H30N4O.2ClH/c1-14(2)24-18-10-6-5-9-17(18)22-19(24)16-8-7-11-23(13-16)20(25)15(3)12-21-4;;/h5-6,9-10,14-16,21H,7-8,11-13H2,1-4H3;2*1H. The summed E-state index contributed by atoms with van der Waals surface area (Å²) in [6.07, 6.45) is 2.14. The first-order valence-electron chi connectivity index (χ1n) is 9.43. The van der Waals surface area contributed by atoms with Gasteiger partial charge in [-0.05, 0) is 45.9 Å². The second kappa shape index (κ2) is 10.3. The molecule has 0 spiro atoms. The maximum Gasteiger partial charge on any atom is 0.226 e. The molecule has 0 radical (unpaired) electrons. The molecule has 1 aromatic carbocycles. The molecule has 1 aliphatic rings. The Labute approximate surface area is 174 Å². The quantitative estimate of drug-likeness (QED) is 0.803. The lowest BCUT2D eigenvalue weighted by atomic mass is 9.95. The molecule has 5 nitrogen and oxygen atoms in total. The van der Waals surface area contributed by atoms with Crippen LogP contribution in [-0.4, -0.2) is 47.0 Å². The van der Waals surface area contributed by atoms with Crippen LogP contribution in [0.4, 0.5) is 0 Å². The van der Waals surface area contributed by atoms with E-state index in [1.807, 2.05) is 24.9 Å². The van der Waals surface area contributed by atoms with Gasteiger partial charge in [-0.2, -0.15) is 0 Å². The number of fused-ring (bicyclic) bond motifs is 1. The number of imidazole rings is 1. The summed E-state index contributed by atoms with van der Waals surface area (Å²) in [6, 6.07) is 8.70. The fraction of sp³-hybridized carbons (Fsp3) is 0.600. The van der Waals surface area contributed by atoms with E-state index < -0.39 is 0 Å². The molecule has 0 aliphatic carbocycles. The number of para-hydroxylation sites is 2. The number of halogens is 2. The molecule has 1 aliphatic heterocycles. The second-order valence-corrected chi connectivity index (χ2v) is 7.50. The second-order valence-electron chi connectivity index (χ2n) is 7.50. The zero-order chi connectivity index (χ0) is 18.0. The van der Waals surface area contributed by atoms with Crippen molar-refractivity contribution in [2.24, 2.45) is 5.92 Å². The van der Waals surface area contributed by atoms with E-state index in [0.29, 0.717) is 12.0 Å². The number of likely N-dealkylation sites (tertiary alicyclic amines) is 1. The highest BCUT2D eigenvalue weighted by atomic mass is 35.5. The molecule has 1 amide bonds. The molecule has 2 heterocycles. The number of benzene rings is 1. The first-order valence-corrected chi connectivity index (χ1v) is 9.43. The lowest BCUT2D eigenvalue weighted by Gasteiger charge is -2.34. The molecule has 152 valence electrons. The molecule has 1 aromatic heterocycles. The first-order chi connectivity index (χ1) is 12.0. The minimum Gasteiger partial charge on any atom is -0.342 e. The average Bonchev–Trinajstić information content (AvgIpc) is 3.01. The van der Waals surface area contributed by atoms with E-state index in [4.69, 9.17) is 4.98 Å². The molecule has 1 fully saturated rings. The highest BCUT2D eigenvalue weighted by Gasteiger charge is 2.30. The molecule has 0 saturated carbocycles. The smallest absolute Gasteiger partial charge is 0.226 e. The topological polar surface area (TPSA) is 50.2 Å². The largest absolute Gasteiger partial charge is 0.342 e. The van der Waals surface area contributed by atoms with Crippen molar-refractivity contribution in [2.75, 3.05) is 26.7 Å². The van der Waals surface area contributed by atoms with Gasteiger partial charge in [-0.25, -0.2) is 4.98 Å². The summed E-state index contributed by atoms with van der Waals surface area (Å²) in [5, 5.41) is 3.11. The zero-order valence-corrected chi connectivity index (χ0v) is 18.3. The Morgan fingerprint density at radius 2 is 1.96 bits per heavy atom. The Hall–Kier alpha value is -1.30. The fourth-order valence-electron chi connectivity index (χ4n) is 3.99. The van der Waals surface area contributed by atoms with E-state index in [9.17, 15) is 4.79 Å². The third kappa shape index (κ3) is 4.95.